The van der Waals surface area contributed by atoms with E-state index in [9.17, 15) is 14.4 Å². The normalized spacial score (nSPS) is 16.4. The lowest BCUT2D eigenvalue weighted by Crippen LogP contribution is -2.37. The van der Waals surface area contributed by atoms with E-state index in [0.717, 1.165) is 25.2 Å². The van der Waals surface area contributed by atoms with Gasteiger partial charge < -0.3 is 15.0 Å². The van der Waals surface area contributed by atoms with E-state index < -0.39 is 5.91 Å². The van der Waals surface area contributed by atoms with Gasteiger partial charge in [0.2, 0.25) is 0 Å². The fourth-order valence-corrected chi connectivity index (χ4v) is 4.19. The lowest BCUT2D eigenvalue weighted by molar-refractivity contribution is 0.0641. The molecule has 2 heterocycles. The molecule has 0 aromatic heterocycles. The molecule has 2 aliphatic heterocycles. The smallest absolute Gasteiger partial charge is 0.261 e. The number of hydrogen-bond donors (Lipinski definition) is 1. The van der Waals surface area contributed by atoms with Gasteiger partial charge >= 0.3 is 0 Å². The zero-order valence-corrected chi connectivity index (χ0v) is 17.7. The van der Waals surface area contributed by atoms with Gasteiger partial charge in [-0.3, -0.25) is 19.3 Å². The van der Waals surface area contributed by atoms with Crippen LogP contribution < -0.4 is 10.1 Å². The number of nitrogens with one attached hydrogen (secondary N) is 1. The van der Waals surface area contributed by atoms with Gasteiger partial charge in [-0.15, -0.1) is 0 Å². The predicted molar refractivity (Wildman–Crippen MR) is 116 cm³/mol. The number of nitrogens with zero attached hydrogens (tertiary/aromatic N) is 2. The number of ether oxygens (including phenoxy) is 1. The summed E-state index contributed by atoms with van der Waals surface area (Å²) in [6.45, 7) is 3.65. The van der Waals surface area contributed by atoms with Crippen LogP contribution in [-0.4, -0.2) is 60.8 Å². The number of fused-ring (bicyclic) bond motifs is 1. The summed E-state index contributed by atoms with van der Waals surface area (Å²) in [5.74, 6) is -0.368. The number of carbonyl (C=O) groups excluding carboxylic acids is 3. The number of piperidine rings is 1. The number of hydrogen-bond acceptors (Lipinski definition) is 5. The monoisotopic (exact) mass is 421 g/mol. The third-order valence-electron chi connectivity index (χ3n) is 5.92. The minimum Gasteiger partial charge on any atom is -0.496 e. The average Bonchev–Trinajstić information content (AvgIpc) is 3.04. The largest absolute Gasteiger partial charge is 0.496 e. The summed E-state index contributed by atoms with van der Waals surface area (Å²) < 4.78 is 5.33. The second kappa shape index (κ2) is 9.31. The molecule has 31 heavy (non-hydrogen) atoms. The van der Waals surface area contributed by atoms with E-state index in [1.165, 1.54) is 30.2 Å². The molecule has 4 rings (SSSR count). The highest BCUT2D eigenvalue weighted by molar-refractivity contribution is 6.22. The van der Waals surface area contributed by atoms with Gasteiger partial charge in [0, 0.05) is 24.2 Å². The topological polar surface area (TPSA) is 79.0 Å². The van der Waals surface area contributed by atoms with Gasteiger partial charge in [0.1, 0.15) is 5.75 Å². The van der Waals surface area contributed by atoms with Gasteiger partial charge in [-0.25, -0.2) is 0 Å². The number of benzene rings is 2. The quantitative estimate of drug-likeness (QED) is 0.696. The summed E-state index contributed by atoms with van der Waals surface area (Å²) >= 11 is 0. The first-order chi connectivity index (χ1) is 15.1. The van der Waals surface area contributed by atoms with E-state index >= 15 is 0 Å². The molecule has 0 aliphatic carbocycles. The fraction of sp³-hybridized carbons (Fsp3) is 0.375. The van der Waals surface area contributed by atoms with Gasteiger partial charge in [-0.05, 0) is 50.2 Å². The van der Waals surface area contributed by atoms with Crippen molar-refractivity contribution >= 4 is 17.7 Å². The molecular weight excluding hydrogens is 394 g/mol. The van der Waals surface area contributed by atoms with Crippen LogP contribution in [0.2, 0.25) is 0 Å². The van der Waals surface area contributed by atoms with Crippen molar-refractivity contribution in [3.05, 3.63) is 64.7 Å². The van der Waals surface area contributed by atoms with Gasteiger partial charge in [0.15, 0.2) is 0 Å². The van der Waals surface area contributed by atoms with Crippen molar-refractivity contribution in [3.8, 4) is 5.75 Å². The van der Waals surface area contributed by atoms with E-state index in [1.54, 1.807) is 25.3 Å². The molecule has 3 amide bonds. The maximum absolute atomic E-state index is 12.9. The molecule has 0 radical (unpaired) electrons. The third kappa shape index (κ3) is 4.46. The minimum atomic E-state index is -0.395. The number of amides is 3. The summed E-state index contributed by atoms with van der Waals surface area (Å²) in [5, 5.41) is 2.92. The van der Waals surface area contributed by atoms with Crippen molar-refractivity contribution < 1.29 is 19.1 Å². The molecule has 7 heteroatoms. The van der Waals surface area contributed by atoms with Crippen LogP contribution >= 0.6 is 0 Å². The second-order valence-corrected chi connectivity index (χ2v) is 7.93. The van der Waals surface area contributed by atoms with Gasteiger partial charge in [0.05, 0.1) is 24.8 Å². The van der Waals surface area contributed by atoms with E-state index in [2.05, 4.69) is 10.2 Å². The van der Waals surface area contributed by atoms with Crippen LogP contribution in [0, 0.1) is 0 Å². The van der Waals surface area contributed by atoms with E-state index in [0.29, 0.717) is 23.4 Å². The zero-order chi connectivity index (χ0) is 21.8. The van der Waals surface area contributed by atoms with E-state index in [4.69, 9.17) is 4.74 Å². The van der Waals surface area contributed by atoms with E-state index in [1.807, 2.05) is 18.2 Å². The molecule has 1 saturated heterocycles. The molecule has 1 N–H and O–H groups in total. The molecule has 2 aromatic rings. The lowest BCUT2D eigenvalue weighted by Gasteiger charge is -2.26. The Morgan fingerprint density at radius 1 is 1.00 bits per heavy atom. The van der Waals surface area contributed by atoms with Crippen LogP contribution in [0.15, 0.2) is 42.5 Å². The Balaban J connectivity index is 1.43. The molecule has 0 spiro atoms. The Kier molecular flexibility index (Phi) is 6.32. The highest BCUT2D eigenvalue weighted by Gasteiger charge is 2.36. The molecule has 0 atom stereocenters. The van der Waals surface area contributed by atoms with E-state index in [-0.39, 0.29) is 23.9 Å². The molecule has 7 nitrogen and oxygen atoms in total. The molecule has 2 aromatic carbocycles. The third-order valence-corrected chi connectivity index (χ3v) is 5.92. The molecule has 1 fully saturated rings. The summed E-state index contributed by atoms with van der Waals surface area (Å²) in [4.78, 5) is 41.9. The lowest BCUT2D eigenvalue weighted by atomic mass is 10.1. The molecule has 2 aliphatic rings. The van der Waals surface area contributed by atoms with Crippen molar-refractivity contribution in [2.24, 2.45) is 0 Å². The Labute approximate surface area is 182 Å². The first kappa shape index (κ1) is 21.1. The summed E-state index contributed by atoms with van der Waals surface area (Å²) in [6, 6.07) is 12.0. The van der Waals surface area contributed by atoms with Gasteiger partial charge in [-0.1, -0.05) is 24.6 Å². The van der Waals surface area contributed by atoms with Crippen molar-refractivity contribution in [2.45, 2.75) is 25.8 Å². The number of methoxy groups -OCH3 is 1. The van der Waals surface area contributed by atoms with Crippen LogP contribution in [-0.2, 0) is 6.54 Å². The first-order valence-corrected chi connectivity index (χ1v) is 10.7. The number of para-hydroxylation sites is 1. The number of imide groups is 1. The Hall–Kier alpha value is -3.19. The zero-order valence-electron chi connectivity index (χ0n) is 17.7. The number of likely N-dealkylation sites (tertiary alicyclic amines) is 1. The number of carbonyl (C=O) groups is 3. The summed E-state index contributed by atoms with van der Waals surface area (Å²) in [5.41, 5.74) is 1.72. The van der Waals surface area contributed by atoms with Crippen molar-refractivity contribution in [3.63, 3.8) is 0 Å². The van der Waals surface area contributed by atoms with Gasteiger partial charge in [-0.2, -0.15) is 0 Å². The maximum atomic E-state index is 12.9. The van der Waals surface area contributed by atoms with Crippen LogP contribution in [0.1, 0.15) is 55.9 Å². The maximum Gasteiger partial charge on any atom is 0.261 e. The van der Waals surface area contributed by atoms with Crippen molar-refractivity contribution in [1.82, 2.24) is 15.1 Å². The first-order valence-electron chi connectivity index (χ1n) is 10.7. The summed E-state index contributed by atoms with van der Waals surface area (Å²) in [6.07, 6.45) is 3.69. The number of rotatable bonds is 7. The summed E-state index contributed by atoms with van der Waals surface area (Å²) in [7, 11) is 1.55. The molecule has 0 unspecified atom stereocenters. The second-order valence-electron chi connectivity index (χ2n) is 7.93. The van der Waals surface area contributed by atoms with Crippen molar-refractivity contribution in [1.29, 1.82) is 0 Å². The standard InChI is InChI=1S/C24H27N3O4/c1-31-21-8-4-3-7-18(21)16-27-23(29)19-10-9-17(15-20(19)24(27)30)22(28)25-11-14-26-12-5-2-6-13-26/h3-4,7-10,15H,2,5-6,11-14,16H2,1H3,(H,25,28). The highest BCUT2D eigenvalue weighted by atomic mass is 16.5. The highest BCUT2D eigenvalue weighted by Crippen LogP contribution is 2.28. The fourth-order valence-electron chi connectivity index (χ4n) is 4.19. The van der Waals surface area contributed by atoms with Crippen LogP contribution in [0.25, 0.3) is 0 Å². The molecular formula is C24H27N3O4. The average molecular weight is 421 g/mol. The van der Waals surface area contributed by atoms with Crippen LogP contribution in [0.4, 0.5) is 0 Å². The van der Waals surface area contributed by atoms with Crippen LogP contribution in [0.3, 0.4) is 0 Å². The van der Waals surface area contributed by atoms with Crippen molar-refractivity contribution in [2.75, 3.05) is 33.3 Å². The molecule has 0 bridgehead atoms. The molecule has 0 saturated carbocycles. The Morgan fingerprint density at radius 2 is 1.74 bits per heavy atom. The minimum absolute atomic E-state index is 0.119. The van der Waals surface area contributed by atoms with Crippen LogP contribution in [0.5, 0.6) is 5.75 Å². The predicted octanol–water partition coefficient (Wildman–Crippen LogP) is 2.71. The van der Waals surface area contributed by atoms with Gasteiger partial charge in [0.25, 0.3) is 17.7 Å². The SMILES string of the molecule is COc1ccccc1CN1C(=O)c2ccc(C(=O)NCCN3CCCCC3)cc2C1=O. The Bertz CT molecular complexity index is 998. The molecule has 162 valence electrons. The Morgan fingerprint density at radius 3 is 2.52 bits per heavy atom.